The van der Waals surface area contributed by atoms with Crippen molar-refractivity contribution >= 4 is 39.1 Å². The van der Waals surface area contributed by atoms with Crippen LogP contribution in [0.25, 0.3) is 0 Å². The van der Waals surface area contributed by atoms with Crippen LogP contribution in [0.1, 0.15) is 15.9 Å². The maximum absolute atomic E-state index is 13.2. The minimum absolute atomic E-state index is 0.334. The number of anilines is 1. The van der Waals surface area contributed by atoms with Crippen molar-refractivity contribution in [2.45, 2.75) is 6.92 Å². The van der Waals surface area contributed by atoms with Crippen LogP contribution in [0.4, 0.5) is 10.1 Å². The van der Waals surface area contributed by atoms with Gasteiger partial charge >= 0.3 is 0 Å². The summed E-state index contributed by atoms with van der Waals surface area (Å²) in [5, 5.41) is 3.08. The summed E-state index contributed by atoms with van der Waals surface area (Å²) in [7, 11) is 0. The molecule has 19 heavy (non-hydrogen) atoms. The standard InChI is InChI=1S/C14H10BrClFNO/c1-8-4-10(17)7-11(5-8)18-14(19)9-2-3-12(15)13(16)6-9/h2-7H,1H3,(H,18,19). The number of carbonyl (C=O) groups excluding carboxylic acids is 1. The number of carbonyl (C=O) groups is 1. The number of aryl methyl sites for hydroxylation is 1. The Morgan fingerprint density at radius 2 is 2.00 bits per heavy atom. The highest BCUT2D eigenvalue weighted by Gasteiger charge is 2.09. The minimum atomic E-state index is -0.385. The van der Waals surface area contributed by atoms with Gasteiger partial charge in [0.1, 0.15) is 5.82 Å². The van der Waals surface area contributed by atoms with Crippen molar-refractivity contribution in [1.29, 1.82) is 0 Å². The van der Waals surface area contributed by atoms with E-state index in [1.54, 1.807) is 31.2 Å². The highest BCUT2D eigenvalue weighted by molar-refractivity contribution is 9.10. The lowest BCUT2D eigenvalue weighted by Crippen LogP contribution is -2.12. The Morgan fingerprint density at radius 3 is 2.63 bits per heavy atom. The molecule has 0 aliphatic carbocycles. The van der Waals surface area contributed by atoms with E-state index in [1.807, 2.05) is 0 Å². The van der Waals surface area contributed by atoms with Gasteiger partial charge in [0, 0.05) is 15.7 Å². The fraction of sp³-hybridized carbons (Fsp3) is 0.0714. The van der Waals surface area contributed by atoms with Crippen LogP contribution in [0.3, 0.4) is 0 Å². The van der Waals surface area contributed by atoms with Gasteiger partial charge in [0.2, 0.25) is 0 Å². The first kappa shape index (κ1) is 14.0. The zero-order chi connectivity index (χ0) is 14.0. The van der Waals surface area contributed by atoms with E-state index < -0.39 is 0 Å². The van der Waals surface area contributed by atoms with Gasteiger partial charge in [-0.15, -0.1) is 0 Å². The number of halogens is 3. The zero-order valence-corrected chi connectivity index (χ0v) is 12.3. The summed E-state index contributed by atoms with van der Waals surface area (Å²) < 4.78 is 13.9. The molecular formula is C14H10BrClFNO. The Labute approximate surface area is 123 Å². The fourth-order valence-electron chi connectivity index (χ4n) is 1.65. The van der Waals surface area contributed by atoms with E-state index in [4.69, 9.17) is 11.6 Å². The molecule has 5 heteroatoms. The lowest BCUT2D eigenvalue weighted by atomic mass is 10.2. The molecule has 2 nitrogen and oxygen atoms in total. The summed E-state index contributed by atoms with van der Waals surface area (Å²) in [6.07, 6.45) is 0. The first-order valence-electron chi connectivity index (χ1n) is 5.49. The van der Waals surface area contributed by atoms with Crippen molar-refractivity contribution in [2.75, 3.05) is 5.32 Å². The molecule has 0 heterocycles. The van der Waals surface area contributed by atoms with Crippen LogP contribution in [0.5, 0.6) is 0 Å². The van der Waals surface area contributed by atoms with E-state index in [-0.39, 0.29) is 11.7 Å². The second-order valence-electron chi connectivity index (χ2n) is 4.10. The highest BCUT2D eigenvalue weighted by Crippen LogP contribution is 2.24. The highest BCUT2D eigenvalue weighted by atomic mass is 79.9. The van der Waals surface area contributed by atoms with Crippen molar-refractivity contribution in [3.8, 4) is 0 Å². The van der Waals surface area contributed by atoms with E-state index >= 15 is 0 Å². The number of hydrogen-bond donors (Lipinski definition) is 1. The average Bonchev–Trinajstić information content (AvgIpc) is 2.31. The van der Waals surface area contributed by atoms with Crippen LogP contribution < -0.4 is 5.32 Å². The van der Waals surface area contributed by atoms with Crippen molar-refractivity contribution in [3.05, 3.63) is 62.8 Å². The number of amides is 1. The third-order valence-corrected chi connectivity index (χ3v) is 3.71. The molecule has 0 atom stereocenters. The van der Waals surface area contributed by atoms with E-state index in [9.17, 15) is 9.18 Å². The first-order chi connectivity index (χ1) is 8.95. The van der Waals surface area contributed by atoms with Gasteiger partial charge in [-0.1, -0.05) is 11.6 Å². The third kappa shape index (κ3) is 3.55. The van der Waals surface area contributed by atoms with Crippen LogP contribution in [0.2, 0.25) is 5.02 Å². The Hall–Kier alpha value is -1.39. The molecule has 0 spiro atoms. The van der Waals surface area contributed by atoms with Crippen LogP contribution in [0, 0.1) is 12.7 Å². The zero-order valence-electron chi connectivity index (χ0n) is 10.0. The molecule has 0 saturated heterocycles. The van der Waals surface area contributed by atoms with E-state index in [0.717, 1.165) is 5.56 Å². The molecule has 2 aromatic rings. The molecule has 1 amide bonds. The lowest BCUT2D eigenvalue weighted by Gasteiger charge is -2.07. The summed E-state index contributed by atoms with van der Waals surface area (Å²) in [5.41, 5.74) is 1.57. The Kier molecular flexibility index (Phi) is 4.22. The van der Waals surface area contributed by atoms with Crippen molar-refractivity contribution in [3.63, 3.8) is 0 Å². The summed E-state index contributed by atoms with van der Waals surface area (Å²) in [5.74, 6) is -0.719. The predicted molar refractivity (Wildman–Crippen MR) is 78.2 cm³/mol. The van der Waals surface area contributed by atoms with Crippen LogP contribution in [-0.4, -0.2) is 5.91 Å². The quantitative estimate of drug-likeness (QED) is 0.834. The molecule has 0 fully saturated rings. The normalized spacial score (nSPS) is 10.3. The predicted octanol–water partition coefficient (Wildman–Crippen LogP) is 4.80. The maximum atomic E-state index is 13.2. The van der Waals surface area contributed by atoms with E-state index in [1.165, 1.54) is 12.1 Å². The molecule has 0 bridgehead atoms. The molecule has 0 radical (unpaired) electrons. The fourth-order valence-corrected chi connectivity index (χ4v) is 2.08. The average molecular weight is 343 g/mol. The van der Waals surface area contributed by atoms with Gasteiger partial charge in [0.15, 0.2) is 0 Å². The monoisotopic (exact) mass is 341 g/mol. The number of benzene rings is 2. The molecule has 0 unspecified atom stereocenters. The van der Waals surface area contributed by atoms with Crippen LogP contribution in [-0.2, 0) is 0 Å². The van der Waals surface area contributed by atoms with E-state index in [0.29, 0.717) is 20.7 Å². The molecular weight excluding hydrogens is 333 g/mol. The minimum Gasteiger partial charge on any atom is -0.322 e. The Morgan fingerprint density at radius 1 is 1.26 bits per heavy atom. The van der Waals surface area contributed by atoms with Gasteiger partial charge in [-0.3, -0.25) is 4.79 Å². The smallest absolute Gasteiger partial charge is 0.255 e. The summed E-state index contributed by atoms with van der Waals surface area (Å²) >= 11 is 9.18. The molecule has 0 aliphatic heterocycles. The van der Waals surface area contributed by atoms with Crippen molar-refractivity contribution in [1.82, 2.24) is 0 Å². The molecule has 1 N–H and O–H groups in total. The Balaban J connectivity index is 2.22. The van der Waals surface area contributed by atoms with Gasteiger partial charge in [0.25, 0.3) is 5.91 Å². The number of nitrogens with one attached hydrogen (secondary N) is 1. The summed E-state index contributed by atoms with van der Waals surface area (Å²) in [4.78, 5) is 12.0. The number of hydrogen-bond acceptors (Lipinski definition) is 1. The largest absolute Gasteiger partial charge is 0.322 e. The maximum Gasteiger partial charge on any atom is 0.255 e. The van der Waals surface area contributed by atoms with Gasteiger partial charge in [-0.25, -0.2) is 4.39 Å². The van der Waals surface area contributed by atoms with Gasteiger partial charge in [-0.2, -0.15) is 0 Å². The molecule has 0 saturated carbocycles. The van der Waals surface area contributed by atoms with Crippen LogP contribution in [0.15, 0.2) is 40.9 Å². The summed E-state index contributed by atoms with van der Waals surface area (Å²) in [6.45, 7) is 1.76. The second-order valence-corrected chi connectivity index (χ2v) is 5.36. The van der Waals surface area contributed by atoms with E-state index in [2.05, 4.69) is 21.2 Å². The Bertz CT molecular complexity index is 625. The SMILES string of the molecule is Cc1cc(F)cc(NC(=O)c2ccc(Br)c(Cl)c2)c1. The first-order valence-corrected chi connectivity index (χ1v) is 6.66. The molecule has 98 valence electrons. The molecule has 2 rings (SSSR count). The second kappa shape index (κ2) is 5.72. The van der Waals surface area contributed by atoms with Gasteiger partial charge in [0.05, 0.1) is 5.02 Å². The topological polar surface area (TPSA) is 29.1 Å². The van der Waals surface area contributed by atoms with Crippen molar-refractivity contribution < 1.29 is 9.18 Å². The third-order valence-electron chi connectivity index (χ3n) is 2.48. The lowest BCUT2D eigenvalue weighted by molar-refractivity contribution is 0.102. The molecule has 0 aliphatic rings. The molecule has 0 aromatic heterocycles. The summed E-state index contributed by atoms with van der Waals surface area (Å²) in [6, 6.07) is 9.23. The van der Waals surface area contributed by atoms with Gasteiger partial charge in [-0.05, 0) is 64.8 Å². The molecule has 2 aromatic carbocycles. The van der Waals surface area contributed by atoms with Crippen molar-refractivity contribution in [2.24, 2.45) is 0 Å². The van der Waals surface area contributed by atoms with Gasteiger partial charge < -0.3 is 5.32 Å². The van der Waals surface area contributed by atoms with Crippen LogP contribution >= 0.6 is 27.5 Å². The number of rotatable bonds is 2.